The van der Waals surface area contributed by atoms with E-state index in [1.54, 1.807) is 59.3 Å². The van der Waals surface area contributed by atoms with E-state index < -0.39 is 175 Å². The van der Waals surface area contributed by atoms with Crippen LogP contribution in [0, 0.1) is 22.7 Å². The standard InChI is InChI=1S/C59H88O24/c1-28-47(79-42-24-37(69-9)48(29(2)73-42)80-53-46(65)50(70-10)49(30(3)74-53)81-52-45(64)44(63)43(62)38(26-60)78-52)36(68-8)23-41(72-28)77-35-17-18-54(6)34(22-35)16-19-57(67)39(54)25-40(76-32(5)61)56-27-71-55(7)82-58(56,20-21-59(56,57)83-55)31(4)75-51(66)33-14-12-11-13-15-33/h11-15,28-31,34-50,52-53,60,62-65,67H,16-27H2,1-10H3/t28-,29-,30-,31+,34+,35+,36+,37-,38-,39-,40-,41+,42+,43-,44+,45-,46-,47-,48-,49-,50-,52+,53+,54+,55?,56-,57+,58-,59-/m1/s1. The highest BCUT2D eigenvalue weighted by Crippen LogP contribution is 2.78. The Kier molecular flexibility index (Phi) is 17.5. The topological polar surface area (TPSA) is 303 Å². The van der Waals surface area contributed by atoms with Crippen LogP contribution >= 0.6 is 0 Å². The molecule has 24 heteroatoms. The van der Waals surface area contributed by atoms with Gasteiger partial charge in [-0.25, -0.2) is 4.79 Å². The summed E-state index contributed by atoms with van der Waals surface area (Å²) in [7, 11) is 4.54. The number of carbonyl (C=O) groups is 2. The number of fused-ring (bicyclic) bond motifs is 4. The first kappa shape index (κ1) is 62.0. The van der Waals surface area contributed by atoms with Crippen molar-refractivity contribution in [2.75, 3.05) is 34.5 Å². The lowest BCUT2D eigenvalue weighted by Crippen LogP contribution is -2.88. The molecule has 1 spiro atoms. The normalized spacial score (nSPS) is 51.5. The van der Waals surface area contributed by atoms with E-state index in [1.807, 2.05) is 19.9 Å². The predicted octanol–water partition coefficient (Wildman–Crippen LogP) is 2.28. The third-order valence-electron chi connectivity index (χ3n) is 21.3. The fourth-order valence-corrected chi connectivity index (χ4v) is 17.2. The number of aliphatic hydroxyl groups excluding tert-OH is 5. The number of methoxy groups -OCH3 is 3. The molecule has 83 heavy (non-hydrogen) atoms. The zero-order chi connectivity index (χ0) is 59.3. The lowest BCUT2D eigenvalue weighted by molar-refractivity contribution is -0.571. The molecule has 24 nitrogen and oxygen atoms in total. The average molecular weight is 1180 g/mol. The zero-order valence-electron chi connectivity index (χ0n) is 49.2. The van der Waals surface area contributed by atoms with Gasteiger partial charge in [-0.15, -0.1) is 0 Å². The minimum Gasteiger partial charge on any atom is -0.462 e. The second-order valence-electron chi connectivity index (χ2n) is 25.5. The molecule has 1 aromatic carbocycles. The Morgan fingerprint density at radius 3 is 1.98 bits per heavy atom. The van der Waals surface area contributed by atoms with Crippen LogP contribution < -0.4 is 0 Å². The van der Waals surface area contributed by atoms with Crippen molar-refractivity contribution in [2.24, 2.45) is 22.7 Å². The molecule has 7 aliphatic heterocycles. The van der Waals surface area contributed by atoms with Gasteiger partial charge in [0.25, 0.3) is 5.97 Å². The smallest absolute Gasteiger partial charge is 0.338 e. The maximum Gasteiger partial charge on any atom is 0.338 e. The summed E-state index contributed by atoms with van der Waals surface area (Å²) in [5, 5.41) is 66.3. The van der Waals surface area contributed by atoms with Gasteiger partial charge < -0.3 is 106 Å². The Hall–Kier alpha value is -2.64. The first-order chi connectivity index (χ1) is 39.4. The van der Waals surface area contributed by atoms with Gasteiger partial charge in [-0.3, -0.25) is 4.79 Å². The van der Waals surface area contributed by atoms with Crippen LogP contribution in [0.15, 0.2) is 30.3 Å². The van der Waals surface area contributed by atoms with Gasteiger partial charge in [0.05, 0.1) is 66.4 Å². The van der Waals surface area contributed by atoms with Crippen molar-refractivity contribution >= 4 is 11.9 Å². The molecule has 4 bridgehead atoms. The number of aliphatic hydroxyl groups is 6. The second kappa shape index (κ2) is 23.4. The van der Waals surface area contributed by atoms with Crippen LogP contribution in [0.5, 0.6) is 0 Å². The molecule has 4 aliphatic carbocycles. The summed E-state index contributed by atoms with van der Waals surface area (Å²) < 4.78 is 101. The second-order valence-corrected chi connectivity index (χ2v) is 25.5. The van der Waals surface area contributed by atoms with Crippen molar-refractivity contribution < 1.29 is 116 Å². The van der Waals surface area contributed by atoms with E-state index in [1.165, 1.54) is 14.0 Å². The fraction of sp³-hybridized carbons (Fsp3) is 0.864. The number of carbonyl (C=O) groups excluding carboxylic acids is 2. The minimum absolute atomic E-state index is 0.0728. The largest absolute Gasteiger partial charge is 0.462 e. The third-order valence-corrected chi connectivity index (χ3v) is 21.3. The molecule has 7 heterocycles. The third kappa shape index (κ3) is 10.1. The van der Waals surface area contributed by atoms with Gasteiger partial charge in [-0.1, -0.05) is 25.1 Å². The molecule has 11 aliphatic rings. The molecule has 12 rings (SSSR count). The first-order valence-corrected chi connectivity index (χ1v) is 29.8. The molecular formula is C59H88O24. The van der Waals surface area contributed by atoms with Gasteiger partial charge in [-0.2, -0.15) is 0 Å². The van der Waals surface area contributed by atoms with Crippen LogP contribution in [0.1, 0.15) is 123 Å². The summed E-state index contributed by atoms with van der Waals surface area (Å²) in [6.07, 6.45) is -15.0. The number of esters is 2. The van der Waals surface area contributed by atoms with Gasteiger partial charge in [-0.05, 0) is 108 Å². The molecule has 0 radical (unpaired) electrons. The fourth-order valence-electron chi connectivity index (χ4n) is 17.2. The van der Waals surface area contributed by atoms with Gasteiger partial charge in [0.2, 0.25) is 0 Å². The van der Waals surface area contributed by atoms with Crippen molar-refractivity contribution in [3.8, 4) is 0 Å². The van der Waals surface area contributed by atoms with E-state index in [9.17, 15) is 40.2 Å². The summed E-state index contributed by atoms with van der Waals surface area (Å²) in [6, 6.07) is 8.78. The van der Waals surface area contributed by atoms with Crippen LogP contribution in [-0.2, 0) is 80.6 Å². The lowest BCUT2D eigenvalue weighted by atomic mass is 9.39. The van der Waals surface area contributed by atoms with E-state index in [-0.39, 0.29) is 31.0 Å². The average Bonchev–Trinajstić information content (AvgIpc) is 1.65. The van der Waals surface area contributed by atoms with Gasteiger partial charge >= 0.3 is 11.9 Å². The van der Waals surface area contributed by atoms with Crippen molar-refractivity contribution in [1.82, 2.24) is 0 Å². The van der Waals surface area contributed by atoms with E-state index in [4.69, 9.17) is 75.8 Å². The van der Waals surface area contributed by atoms with Crippen molar-refractivity contribution in [2.45, 2.75) is 264 Å². The Balaban J connectivity index is 0.717. The van der Waals surface area contributed by atoms with Crippen LogP contribution in [0.2, 0.25) is 0 Å². The van der Waals surface area contributed by atoms with Gasteiger partial charge in [0.1, 0.15) is 78.3 Å². The summed E-state index contributed by atoms with van der Waals surface area (Å²) in [5.74, 6) is -2.77. The Bertz CT molecular complexity index is 2440. The first-order valence-electron chi connectivity index (χ1n) is 29.8. The summed E-state index contributed by atoms with van der Waals surface area (Å²) >= 11 is 0. The molecule has 0 aromatic heterocycles. The molecule has 4 saturated carbocycles. The SMILES string of the molecule is CO[C@@H]1[C@@H](O)[C@H](O[C@@H]2[C@@H](C)O[C@@H](O[C@H]3[C@@H](OC)C[C@H](O[C@H]4CC[C@@]5(C)[C@@H](CC[C@]6(O)[C@@H]5C[C@@H](OC(C)=O)[C@@]57COC8(C)O[C@]56CC[C@]7([C@H](C)OC(=O)c5ccccc5)O8)C4)O[C@@H]3C)C[C@H]2OC)O[C@H](C)[C@H]1O[C@@H]1O[C@H](CO)[C@@H](O)[C@H](O)[C@H]1O. The Labute approximate surface area is 484 Å². The highest BCUT2D eigenvalue weighted by molar-refractivity contribution is 5.89. The maximum absolute atomic E-state index is 13.8. The monoisotopic (exact) mass is 1180 g/mol. The number of hydrogen-bond acceptors (Lipinski definition) is 24. The van der Waals surface area contributed by atoms with Crippen molar-refractivity contribution in [3.63, 3.8) is 0 Å². The van der Waals surface area contributed by atoms with Crippen molar-refractivity contribution in [1.29, 1.82) is 0 Å². The number of ether oxygens (including phenoxy) is 16. The van der Waals surface area contributed by atoms with Gasteiger partial charge in [0.15, 0.2) is 25.2 Å². The molecule has 7 saturated heterocycles. The van der Waals surface area contributed by atoms with E-state index in [0.717, 1.165) is 0 Å². The molecule has 6 N–H and O–H groups in total. The van der Waals surface area contributed by atoms with Crippen LogP contribution in [-0.4, -0.2) is 229 Å². The van der Waals surface area contributed by atoms with Crippen LogP contribution in [0.25, 0.3) is 0 Å². The molecule has 1 unspecified atom stereocenters. The van der Waals surface area contributed by atoms with E-state index in [0.29, 0.717) is 63.4 Å². The molecule has 1 aromatic rings. The summed E-state index contributed by atoms with van der Waals surface area (Å²) in [6.45, 7) is 12.0. The lowest BCUT2D eigenvalue weighted by Gasteiger charge is -2.76. The summed E-state index contributed by atoms with van der Waals surface area (Å²) in [5.41, 5.74) is -5.11. The van der Waals surface area contributed by atoms with E-state index >= 15 is 0 Å². The summed E-state index contributed by atoms with van der Waals surface area (Å²) in [4.78, 5) is 26.9. The zero-order valence-corrected chi connectivity index (χ0v) is 49.2. The van der Waals surface area contributed by atoms with Crippen molar-refractivity contribution in [3.05, 3.63) is 35.9 Å². The number of rotatable bonds is 16. The molecule has 468 valence electrons. The van der Waals surface area contributed by atoms with Crippen LogP contribution in [0.3, 0.4) is 0 Å². The quantitative estimate of drug-likeness (QED) is 0.102. The number of hydrogen-bond donors (Lipinski definition) is 6. The Morgan fingerprint density at radius 2 is 1.33 bits per heavy atom. The molecule has 29 atom stereocenters. The molecule has 11 fully saturated rings. The maximum atomic E-state index is 13.8. The molecule has 0 amide bonds. The predicted molar refractivity (Wildman–Crippen MR) is 282 cm³/mol. The minimum atomic E-state index is -1.68. The highest BCUT2D eigenvalue weighted by atomic mass is 16.9. The Morgan fingerprint density at radius 1 is 0.687 bits per heavy atom. The molecular weight excluding hydrogens is 1090 g/mol. The van der Waals surface area contributed by atoms with Crippen LogP contribution in [0.4, 0.5) is 0 Å². The highest BCUT2D eigenvalue weighted by Gasteiger charge is 2.91. The number of benzene rings is 1. The van der Waals surface area contributed by atoms with Gasteiger partial charge in [0, 0.05) is 48.0 Å². The van der Waals surface area contributed by atoms with E-state index in [2.05, 4.69) is 6.92 Å².